The lowest BCUT2D eigenvalue weighted by Gasteiger charge is -2.09. The Hall–Kier alpha value is -3.42. The fourth-order valence-electron chi connectivity index (χ4n) is 2.52. The average Bonchev–Trinajstić information content (AvgIpc) is 3.00. The van der Waals surface area contributed by atoms with E-state index >= 15 is 0 Å². The molecule has 0 atom stereocenters. The number of aromatic nitrogens is 3. The SMILES string of the molecule is COc1ccccc1CNC(=O)c1nnn(Cc2cccc(F)c2)c1N. The van der Waals surface area contributed by atoms with Gasteiger partial charge in [-0.05, 0) is 23.8 Å². The van der Waals surface area contributed by atoms with E-state index in [1.165, 1.54) is 16.8 Å². The minimum Gasteiger partial charge on any atom is -0.496 e. The number of nitrogens with zero attached hydrogens (tertiary/aromatic N) is 3. The Bertz CT molecular complexity index is 925. The highest BCUT2D eigenvalue weighted by molar-refractivity contribution is 5.96. The maximum atomic E-state index is 13.3. The van der Waals surface area contributed by atoms with E-state index in [9.17, 15) is 9.18 Å². The van der Waals surface area contributed by atoms with Crippen molar-refractivity contribution >= 4 is 11.7 Å². The van der Waals surface area contributed by atoms with Crippen molar-refractivity contribution in [1.82, 2.24) is 20.3 Å². The molecule has 134 valence electrons. The molecule has 0 saturated carbocycles. The van der Waals surface area contributed by atoms with Gasteiger partial charge in [0, 0.05) is 12.1 Å². The fraction of sp³-hybridized carbons (Fsp3) is 0.167. The molecule has 0 aliphatic carbocycles. The summed E-state index contributed by atoms with van der Waals surface area (Å²) in [4.78, 5) is 12.4. The summed E-state index contributed by atoms with van der Waals surface area (Å²) in [6.07, 6.45) is 0. The molecule has 0 bridgehead atoms. The van der Waals surface area contributed by atoms with Crippen LogP contribution in [0.3, 0.4) is 0 Å². The number of nitrogens with two attached hydrogens (primary N) is 1. The Labute approximate surface area is 149 Å². The van der Waals surface area contributed by atoms with E-state index in [0.717, 1.165) is 5.56 Å². The molecule has 1 amide bonds. The topological polar surface area (TPSA) is 95.1 Å². The predicted octanol–water partition coefficient (Wildman–Crippen LogP) is 1.99. The normalized spacial score (nSPS) is 10.5. The minimum absolute atomic E-state index is 0.0244. The lowest BCUT2D eigenvalue weighted by Crippen LogP contribution is -2.24. The summed E-state index contributed by atoms with van der Waals surface area (Å²) in [5.41, 5.74) is 7.50. The standard InChI is InChI=1S/C18H18FN5O2/c1-26-15-8-3-2-6-13(15)10-21-18(25)16-17(20)24(23-22-16)11-12-5-4-7-14(19)9-12/h2-9H,10-11,20H2,1H3,(H,21,25). The first-order chi connectivity index (χ1) is 12.6. The maximum absolute atomic E-state index is 13.3. The number of hydrogen-bond acceptors (Lipinski definition) is 5. The van der Waals surface area contributed by atoms with E-state index in [1.54, 1.807) is 19.2 Å². The average molecular weight is 355 g/mol. The number of nitrogens with one attached hydrogen (secondary N) is 1. The van der Waals surface area contributed by atoms with Gasteiger partial charge in [0.25, 0.3) is 5.91 Å². The zero-order valence-corrected chi connectivity index (χ0v) is 14.1. The van der Waals surface area contributed by atoms with E-state index in [-0.39, 0.29) is 30.4 Å². The summed E-state index contributed by atoms with van der Waals surface area (Å²) in [5, 5.41) is 10.5. The largest absolute Gasteiger partial charge is 0.496 e. The lowest BCUT2D eigenvalue weighted by atomic mass is 10.2. The molecule has 0 saturated heterocycles. The summed E-state index contributed by atoms with van der Waals surface area (Å²) in [6.45, 7) is 0.482. The van der Waals surface area contributed by atoms with Gasteiger partial charge in [-0.2, -0.15) is 0 Å². The Morgan fingerprint density at radius 1 is 1.27 bits per heavy atom. The van der Waals surface area contributed by atoms with Crippen LogP contribution in [0.4, 0.5) is 10.2 Å². The van der Waals surface area contributed by atoms with Gasteiger partial charge < -0.3 is 15.8 Å². The number of rotatable bonds is 6. The van der Waals surface area contributed by atoms with Crippen LogP contribution in [0, 0.1) is 5.82 Å². The van der Waals surface area contributed by atoms with Crippen LogP contribution in [0.15, 0.2) is 48.5 Å². The Balaban J connectivity index is 1.69. The van der Waals surface area contributed by atoms with Crippen molar-refractivity contribution in [2.45, 2.75) is 13.1 Å². The molecule has 0 spiro atoms. The molecule has 7 nitrogen and oxygen atoms in total. The zero-order valence-electron chi connectivity index (χ0n) is 14.1. The first-order valence-corrected chi connectivity index (χ1v) is 7.92. The molecule has 3 N–H and O–H groups in total. The van der Waals surface area contributed by atoms with Gasteiger partial charge in [0.1, 0.15) is 11.6 Å². The van der Waals surface area contributed by atoms with E-state index < -0.39 is 5.91 Å². The number of ether oxygens (including phenoxy) is 1. The molecular formula is C18H18FN5O2. The number of halogens is 1. The molecule has 8 heteroatoms. The van der Waals surface area contributed by atoms with Crippen LogP contribution in [0.2, 0.25) is 0 Å². The second kappa shape index (κ2) is 7.64. The van der Waals surface area contributed by atoms with Crippen LogP contribution in [0.5, 0.6) is 5.75 Å². The van der Waals surface area contributed by atoms with Crippen molar-refractivity contribution in [3.05, 3.63) is 71.2 Å². The monoisotopic (exact) mass is 355 g/mol. The van der Waals surface area contributed by atoms with Crippen molar-refractivity contribution in [2.75, 3.05) is 12.8 Å². The van der Waals surface area contributed by atoms with Crippen molar-refractivity contribution in [1.29, 1.82) is 0 Å². The molecule has 2 aromatic carbocycles. The Morgan fingerprint density at radius 2 is 2.08 bits per heavy atom. The third-order valence-corrected chi connectivity index (χ3v) is 3.84. The van der Waals surface area contributed by atoms with Gasteiger partial charge in [-0.15, -0.1) is 5.10 Å². The number of hydrogen-bond donors (Lipinski definition) is 2. The van der Waals surface area contributed by atoms with Crippen molar-refractivity contribution in [3.63, 3.8) is 0 Å². The van der Waals surface area contributed by atoms with E-state index in [4.69, 9.17) is 10.5 Å². The number of para-hydroxylation sites is 1. The van der Waals surface area contributed by atoms with E-state index in [2.05, 4.69) is 15.6 Å². The van der Waals surface area contributed by atoms with Gasteiger partial charge in [-0.3, -0.25) is 4.79 Å². The molecule has 0 unspecified atom stereocenters. The van der Waals surface area contributed by atoms with Gasteiger partial charge in [-0.25, -0.2) is 9.07 Å². The first kappa shape index (κ1) is 17.4. The van der Waals surface area contributed by atoms with Crippen LogP contribution in [0.1, 0.15) is 21.6 Å². The molecule has 0 aliphatic heterocycles. The van der Waals surface area contributed by atoms with Crippen LogP contribution in [-0.4, -0.2) is 28.0 Å². The highest BCUT2D eigenvalue weighted by Crippen LogP contribution is 2.17. The number of benzene rings is 2. The molecule has 3 aromatic rings. The van der Waals surface area contributed by atoms with Crippen molar-refractivity contribution < 1.29 is 13.9 Å². The van der Waals surface area contributed by atoms with Crippen LogP contribution < -0.4 is 15.8 Å². The molecule has 0 fully saturated rings. The van der Waals surface area contributed by atoms with E-state index in [0.29, 0.717) is 11.3 Å². The zero-order chi connectivity index (χ0) is 18.5. The highest BCUT2D eigenvalue weighted by Gasteiger charge is 2.18. The van der Waals surface area contributed by atoms with Crippen molar-refractivity contribution in [3.8, 4) is 5.75 Å². The van der Waals surface area contributed by atoms with Gasteiger partial charge in [-0.1, -0.05) is 35.5 Å². The van der Waals surface area contributed by atoms with Gasteiger partial charge in [0.05, 0.1) is 13.7 Å². The maximum Gasteiger partial charge on any atom is 0.275 e. The fourth-order valence-corrected chi connectivity index (χ4v) is 2.52. The van der Waals surface area contributed by atoms with Gasteiger partial charge >= 0.3 is 0 Å². The third kappa shape index (κ3) is 3.80. The molecule has 0 radical (unpaired) electrons. The summed E-state index contributed by atoms with van der Waals surface area (Å²) < 4.78 is 19.9. The van der Waals surface area contributed by atoms with Gasteiger partial charge in [0.15, 0.2) is 11.5 Å². The molecule has 1 heterocycles. The number of carbonyl (C=O) groups is 1. The molecule has 26 heavy (non-hydrogen) atoms. The Morgan fingerprint density at radius 3 is 2.85 bits per heavy atom. The summed E-state index contributed by atoms with van der Waals surface area (Å²) in [6, 6.07) is 13.4. The number of anilines is 1. The quantitative estimate of drug-likeness (QED) is 0.705. The minimum atomic E-state index is -0.445. The van der Waals surface area contributed by atoms with Gasteiger partial charge in [0.2, 0.25) is 0 Å². The smallest absolute Gasteiger partial charge is 0.275 e. The predicted molar refractivity (Wildman–Crippen MR) is 94.1 cm³/mol. The molecule has 1 aromatic heterocycles. The van der Waals surface area contributed by atoms with Crippen molar-refractivity contribution in [2.24, 2.45) is 0 Å². The molecule has 0 aliphatic rings. The highest BCUT2D eigenvalue weighted by atomic mass is 19.1. The number of nitrogen functional groups attached to an aromatic ring is 1. The molecule has 3 rings (SSSR count). The number of carbonyl (C=O) groups excluding carboxylic acids is 1. The number of methoxy groups -OCH3 is 1. The summed E-state index contributed by atoms with van der Waals surface area (Å²) in [5.74, 6) is -0.00261. The number of amides is 1. The first-order valence-electron chi connectivity index (χ1n) is 7.92. The van der Waals surface area contributed by atoms with Crippen LogP contribution in [-0.2, 0) is 13.1 Å². The van der Waals surface area contributed by atoms with Crippen LogP contribution in [0.25, 0.3) is 0 Å². The lowest BCUT2D eigenvalue weighted by molar-refractivity contribution is 0.0946. The summed E-state index contributed by atoms with van der Waals surface area (Å²) in [7, 11) is 1.57. The van der Waals surface area contributed by atoms with E-state index in [1.807, 2.05) is 24.3 Å². The second-order valence-corrected chi connectivity index (χ2v) is 5.61. The second-order valence-electron chi connectivity index (χ2n) is 5.61. The third-order valence-electron chi connectivity index (χ3n) is 3.84. The summed E-state index contributed by atoms with van der Waals surface area (Å²) >= 11 is 0. The Kier molecular flexibility index (Phi) is 5.12. The molecular weight excluding hydrogens is 337 g/mol. The van der Waals surface area contributed by atoms with Crippen LogP contribution >= 0.6 is 0 Å².